The molecular formula is C12H19NO. The first-order valence-corrected chi connectivity index (χ1v) is 5.60. The van der Waals surface area contributed by atoms with Crippen LogP contribution in [-0.2, 0) is 6.42 Å². The number of hydrogen-bond donors (Lipinski definition) is 1. The molecule has 1 fully saturated rings. The third-order valence-corrected chi connectivity index (χ3v) is 2.96. The van der Waals surface area contributed by atoms with Gasteiger partial charge < -0.3 is 10.2 Å². The Morgan fingerprint density at radius 3 is 2.79 bits per heavy atom. The van der Waals surface area contributed by atoms with Gasteiger partial charge in [-0.15, -0.1) is 0 Å². The van der Waals surface area contributed by atoms with Gasteiger partial charge in [0.2, 0.25) is 0 Å². The fraction of sp³-hybridized carbons (Fsp3) is 0.667. The summed E-state index contributed by atoms with van der Waals surface area (Å²) in [6.45, 7) is 2.01. The Morgan fingerprint density at radius 1 is 1.43 bits per heavy atom. The van der Waals surface area contributed by atoms with Crippen LogP contribution in [0.2, 0.25) is 0 Å². The minimum Gasteiger partial charge on any atom is -0.466 e. The molecule has 1 heterocycles. The van der Waals surface area contributed by atoms with E-state index in [1.165, 1.54) is 31.4 Å². The zero-order chi connectivity index (χ0) is 9.97. The maximum atomic E-state index is 5.80. The third kappa shape index (κ3) is 2.18. The van der Waals surface area contributed by atoms with E-state index >= 15 is 0 Å². The molecule has 0 radical (unpaired) electrons. The highest BCUT2D eigenvalue weighted by atomic mass is 16.3. The molecule has 1 saturated carbocycles. The van der Waals surface area contributed by atoms with E-state index in [9.17, 15) is 0 Å². The second-order valence-corrected chi connectivity index (χ2v) is 4.47. The molecule has 0 spiro atoms. The Morgan fingerprint density at radius 2 is 2.14 bits per heavy atom. The molecular weight excluding hydrogens is 174 g/mol. The Labute approximate surface area is 85.5 Å². The summed E-state index contributed by atoms with van der Waals surface area (Å²) in [7, 11) is 0. The highest BCUT2D eigenvalue weighted by Crippen LogP contribution is 2.34. The molecule has 78 valence electrons. The first-order valence-electron chi connectivity index (χ1n) is 5.60. The smallest absolute Gasteiger partial charge is 0.107 e. The van der Waals surface area contributed by atoms with E-state index in [0.29, 0.717) is 5.92 Å². The minimum absolute atomic E-state index is 0.192. The molecule has 1 unspecified atom stereocenters. The van der Waals surface area contributed by atoms with Crippen molar-refractivity contribution in [3.05, 3.63) is 23.7 Å². The summed E-state index contributed by atoms with van der Waals surface area (Å²) in [5.74, 6) is 2.90. The predicted molar refractivity (Wildman–Crippen MR) is 57.3 cm³/mol. The largest absolute Gasteiger partial charge is 0.466 e. The van der Waals surface area contributed by atoms with Gasteiger partial charge in [0.25, 0.3) is 0 Å². The summed E-state index contributed by atoms with van der Waals surface area (Å²) in [5.41, 5.74) is 5.73. The van der Waals surface area contributed by atoms with Crippen molar-refractivity contribution >= 4 is 0 Å². The number of nitrogens with two attached hydrogens (primary N) is 1. The summed E-state index contributed by atoms with van der Waals surface area (Å²) in [5, 5.41) is 0. The van der Waals surface area contributed by atoms with Crippen molar-refractivity contribution in [2.45, 2.75) is 51.0 Å². The lowest BCUT2D eigenvalue weighted by Crippen LogP contribution is -2.17. The van der Waals surface area contributed by atoms with Gasteiger partial charge in [0.05, 0.1) is 0 Å². The van der Waals surface area contributed by atoms with E-state index in [1.54, 1.807) is 0 Å². The van der Waals surface area contributed by atoms with Gasteiger partial charge in [-0.25, -0.2) is 0 Å². The molecule has 2 nitrogen and oxygen atoms in total. The van der Waals surface area contributed by atoms with Gasteiger partial charge in [0, 0.05) is 18.4 Å². The fourth-order valence-corrected chi connectivity index (χ4v) is 2.25. The van der Waals surface area contributed by atoms with Gasteiger partial charge in [-0.3, -0.25) is 0 Å². The summed E-state index contributed by atoms with van der Waals surface area (Å²) >= 11 is 0. The van der Waals surface area contributed by atoms with Gasteiger partial charge in [0.1, 0.15) is 11.5 Å². The van der Waals surface area contributed by atoms with Gasteiger partial charge in [0.15, 0.2) is 0 Å². The van der Waals surface area contributed by atoms with Crippen LogP contribution in [0.25, 0.3) is 0 Å². The molecule has 2 rings (SSSR count). The second-order valence-electron chi connectivity index (χ2n) is 4.47. The predicted octanol–water partition coefficient (Wildman–Crippen LogP) is 2.83. The van der Waals surface area contributed by atoms with E-state index in [1.807, 2.05) is 6.92 Å². The van der Waals surface area contributed by atoms with E-state index in [4.69, 9.17) is 10.2 Å². The molecule has 2 N–H and O–H groups in total. The monoisotopic (exact) mass is 193 g/mol. The topological polar surface area (TPSA) is 39.2 Å². The molecule has 1 aromatic heterocycles. The highest BCUT2D eigenvalue weighted by molar-refractivity contribution is 5.13. The first-order chi connectivity index (χ1) is 6.75. The van der Waals surface area contributed by atoms with Crippen LogP contribution in [0.15, 0.2) is 16.5 Å². The van der Waals surface area contributed by atoms with Crippen LogP contribution < -0.4 is 5.73 Å². The molecule has 1 aromatic rings. The van der Waals surface area contributed by atoms with Crippen LogP contribution in [0.4, 0.5) is 0 Å². The summed E-state index contributed by atoms with van der Waals surface area (Å²) < 4.78 is 5.80. The SMILES string of the molecule is CC(N)Cc1ccc(C2CCCC2)o1. The molecule has 0 amide bonds. The lowest BCUT2D eigenvalue weighted by molar-refractivity contribution is 0.423. The van der Waals surface area contributed by atoms with Crippen molar-refractivity contribution in [1.82, 2.24) is 0 Å². The number of hydrogen-bond acceptors (Lipinski definition) is 2. The van der Waals surface area contributed by atoms with Crippen molar-refractivity contribution in [2.75, 3.05) is 0 Å². The van der Waals surface area contributed by atoms with Gasteiger partial charge in [-0.1, -0.05) is 12.8 Å². The Hall–Kier alpha value is -0.760. The maximum absolute atomic E-state index is 5.80. The molecule has 1 aliphatic carbocycles. The Kier molecular flexibility index (Phi) is 2.92. The van der Waals surface area contributed by atoms with Gasteiger partial charge in [-0.2, -0.15) is 0 Å². The van der Waals surface area contributed by atoms with Crippen LogP contribution in [-0.4, -0.2) is 6.04 Å². The van der Waals surface area contributed by atoms with Crippen LogP contribution in [0.3, 0.4) is 0 Å². The van der Waals surface area contributed by atoms with Crippen LogP contribution in [0, 0.1) is 0 Å². The quantitative estimate of drug-likeness (QED) is 0.801. The fourth-order valence-electron chi connectivity index (χ4n) is 2.25. The van der Waals surface area contributed by atoms with Crippen LogP contribution in [0.5, 0.6) is 0 Å². The van der Waals surface area contributed by atoms with E-state index in [0.717, 1.165) is 12.2 Å². The molecule has 1 aliphatic rings. The Bertz CT molecular complexity index is 284. The zero-order valence-electron chi connectivity index (χ0n) is 8.83. The van der Waals surface area contributed by atoms with Crippen LogP contribution >= 0.6 is 0 Å². The van der Waals surface area contributed by atoms with E-state index in [-0.39, 0.29) is 6.04 Å². The maximum Gasteiger partial charge on any atom is 0.107 e. The van der Waals surface area contributed by atoms with Crippen molar-refractivity contribution < 1.29 is 4.42 Å². The van der Waals surface area contributed by atoms with Gasteiger partial charge >= 0.3 is 0 Å². The summed E-state index contributed by atoms with van der Waals surface area (Å²) in [6, 6.07) is 4.41. The highest BCUT2D eigenvalue weighted by Gasteiger charge is 2.20. The molecule has 0 saturated heterocycles. The molecule has 0 bridgehead atoms. The Balaban J connectivity index is 2.01. The van der Waals surface area contributed by atoms with Gasteiger partial charge in [-0.05, 0) is 31.9 Å². The average molecular weight is 193 g/mol. The standard InChI is InChI=1S/C12H19NO/c1-9(13)8-11-6-7-12(14-11)10-4-2-3-5-10/h6-7,9-10H,2-5,8,13H2,1H3. The van der Waals surface area contributed by atoms with Crippen molar-refractivity contribution in [2.24, 2.45) is 5.73 Å². The van der Waals surface area contributed by atoms with Crippen molar-refractivity contribution in [3.8, 4) is 0 Å². The normalized spacial score (nSPS) is 20.1. The minimum atomic E-state index is 0.192. The molecule has 2 heteroatoms. The molecule has 14 heavy (non-hydrogen) atoms. The lowest BCUT2D eigenvalue weighted by atomic mass is 10.1. The average Bonchev–Trinajstić information content (AvgIpc) is 2.69. The lowest BCUT2D eigenvalue weighted by Gasteiger charge is -2.05. The molecule has 0 aromatic carbocycles. The zero-order valence-corrected chi connectivity index (χ0v) is 8.83. The summed E-state index contributed by atoms with van der Waals surface area (Å²) in [4.78, 5) is 0. The van der Waals surface area contributed by atoms with Crippen LogP contribution in [0.1, 0.15) is 50.0 Å². The van der Waals surface area contributed by atoms with Crippen molar-refractivity contribution in [1.29, 1.82) is 0 Å². The number of rotatable bonds is 3. The van der Waals surface area contributed by atoms with E-state index in [2.05, 4.69) is 12.1 Å². The number of furan rings is 1. The molecule has 1 atom stereocenters. The second kappa shape index (κ2) is 4.18. The van der Waals surface area contributed by atoms with E-state index < -0.39 is 0 Å². The first kappa shape index (κ1) is 9.78. The summed E-state index contributed by atoms with van der Waals surface area (Å²) in [6.07, 6.45) is 6.16. The molecule has 0 aliphatic heterocycles. The van der Waals surface area contributed by atoms with Crippen molar-refractivity contribution in [3.63, 3.8) is 0 Å². The third-order valence-electron chi connectivity index (χ3n) is 2.96.